The number of benzene rings is 1. The van der Waals surface area contributed by atoms with Gasteiger partial charge in [-0.05, 0) is 44.0 Å². The molecule has 1 aromatic rings. The fraction of sp³-hybridized carbons (Fsp3) is 0.455. The topological polar surface area (TPSA) is 92.4 Å². The molecule has 0 aromatic heterocycles. The van der Waals surface area contributed by atoms with E-state index >= 15 is 0 Å². The summed E-state index contributed by atoms with van der Waals surface area (Å²) in [6.45, 7) is 3.60. The van der Waals surface area contributed by atoms with Gasteiger partial charge in [0, 0.05) is 12.2 Å². The van der Waals surface area contributed by atoms with E-state index in [9.17, 15) is 8.42 Å². The first-order chi connectivity index (χ1) is 7.81. The Morgan fingerprint density at radius 3 is 2.59 bits per heavy atom. The second-order valence-electron chi connectivity index (χ2n) is 4.11. The summed E-state index contributed by atoms with van der Waals surface area (Å²) in [5.74, 6) is 0. The summed E-state index contributed by atoms with van der Waals surface area (Å²) >= 11 is 0. The van der Waals surface area contributed by atoms with E-state index in [4.69, 9.17) is 10.8 Å². The van der Waals surface area contributed by atoms with Crippen LogP contribution in [0.2, 0.25) is 0 Å². The molecule has 1 unspecified atom stereocenters. The standard InChI is InChI=1S/C11H18N2O3S/c1-8-5-10(12)7-11(6-8)17(15,16)13-4-3-9(2)14/h5-7,9,13-14H,3-4,12H2,1-2H3. The average molecular weight is 258 g/mol. The van der Waals surface area contributed by atoms with Crippen molar-refractivity contribution in [3.63, 3.8) is 0 Å². The second-order valence-corrected chi connectivity index (χ2v) is 5.88. The Morgan fingerprint density at radius 2 is 2.06 bits per heavy atom. The third-order valence-electron chi connectivity index (χ3n) is 2.24. The molecule has 0 amide bonds. The van der Waals surface area contributed by atoms with Gasteiger partial charge in [0.05, 0.1) is 11.0 Å². The van der Waals surface area contributed by atoms with Gasteiger partial charge in [0.2, 0.25) is 10.0 Å². The molecular formula is C11H18N2O3S. The zero-order chi connectivity index (χ0) is 13.1. The molecule has 6 heteroatoms. The molecule has 0 spiro atoms. The van der Waals surface area contributed by atoms with Gasteiger partial charge in [0.1, 0.15) is 0 Å². The Balaban J connectivity index is 2.82. The van der Waals surface area contributed by atoms with Gasteiger partial charge in [0.15, 0.2) is 0 Å². The number of hydrogen-bond acceptors (Lipinski definition) is 4. The average Bonchev–Trinajstić information content (AvgIpc) is 2.14. The quantitative estimate of drug-likeness (QED) is 0.675. The number of anilines is 1. The van der Waals surface area contributed by atoms with Gasteiger partial charge in [-0.3, -0.25) is 0 Å². The van der Waals surface area contributed by atoms with Crippen molar-refractivity contribution in [3.05, 3.63) is 23.8 Å². The monoisotopic (exact) mass is 258 g/mol. The van der Waals surface area contributed by atoms with Gasteiger partial charge in [0.25, 0.3) is 0 Å². The number of aryl methyl sites for hydroxylation is 1. The maximum absolute atomic E-state index is 11.9. The van der Waals surface area contributed by atoms with Crippen molar-refractivity contribution in [2.75, 3.05) is 12.3 Å². The van der Waals surface area contributed by atoms with Crippen LogP contribution < -0.4 is 10.5 Å². The SMILES string of the molecule is Cc1cc(N)cc(S(=O)(=O)NCCC(C)O)c1. The Morgan fingerprint density at radius 1 is 1.41 bits per heavy atom. The highest BCUT2D eigenvalue weighted by atomic mass is 32.2. The number of nitrogens with one attached hydrogen (secondary N) is 1. The van der Waals surface area contributed by atoms with E-state index in [1.54, 1.807) is 26.0 Å². The lowest BCUT2D eigenvalue weighted by Crippen LogP contribution is -2.26. The highest BCUT2D eigenvalue weighted by molar-refractivity contribution is 7.89. The van der Waals surface area contributed by atoms with Crippen LogP contribution in [-0.2, 0) is 10.0 Å². The van der Waals surface area contributed by atoms with Gasteiger partial charge in [-0.15, -0.1) is 0 Å². The highest BCUT2D eigenvalue weighted by Gasteiger charge is 2.14. The Kier molecular flexibility index (Phi) is 4.50. The number of aliphatic hydroxyl groups is 1. The van der Waals surface area contributed by atoms with Gasteiger partial charge in [-0.2, -0.15) is 0 Å². The summed E-state index contributed by atoms with van der Waals surface area (Å²) in [5.41, 5.74) is 6.81. The van der Waals surface area contributed by atoms with E-state index in [0.717, 1.165) is 5.56 Å². The van der Waals surface area contributed by atoms with Crippen LogP contribution in [0.3, 0.4) is 0 Å². The van der Waals surface area contributed by atoms with Crippen LogP contribution in [0.4, 0.5) is 5.69 Å². The predicted octanol–water partition coefficient (Wildman–Crippen LogP) is 0.626. The van der Waals surface area contributed by atoms with Crippen molar-refractivity contribution in [1.29, 1.82) is 0 Å². The third-order valence-corrected chi connectivity index (χ3v) is 3.68. The lowest BCUT2D eigenvalue weighted by molar-refractivity contribution is 0.186. The highest BCUT2D eigenvalue weighted by Crippen LogP contribution is 2.15. The van der Waals surface area contributed by atoms with Crippen molar-refractivity contribution in [1.82, 2.24) is 4.72 Å². The zero-order valence-electron chi connectivity index (χ0n) is 9.97. The zero-order valence-corrected chi connectivity index (χ0v) is 10.8. The fourth-order valence-electron chi connectivity index (χ4n) is 1.42. The number of hydrogen-bond donors (Lipinski definition) is 3. The summed E-state index contributed by atoms with van der Waals surface area (Å²) in [6.07, 6.45) is -0.152. The minimum atomic E-state index is -3.54. The van der Waals surface area contributed by atoms with E-state index in [-0.39, 0.29) is 11.4 Å². The summed E-state index contributed by atoms with van der Waals surface area (Å²) in [6, 6.07) is 4.67. The molecule has 0 radical (unpaired) electrons. The Hall–Kier alpha value is -1.11. The van der Waals surface area contributed by atoms with Crippen LogP contribution in [0, 0.1) is 6.92 Å². The summed E-state index contributed by atoms with van der Waals surface area (Å²) in [7, 11) is -3.54. The van der Waals surface area contributed by atoms with Crippen molar-refractivity contribution in [3.8, 4) is 0 Å². The van der Waals surface area contributed by atoms with Crippen LogP contribution in [0.5, 0.6) is 0 Å². The maximum atomic E-state index is 11.9. The van der Waals surface area contributed by atoms with E-state index in [1.807, 2.05) is 0 Å². The molecule has 0 fully saturated rings. The largest absolute Gasteiger partial charge is 0.399 e. The molecule has 0 heterocycles. The number of rotatable bonds is 5. The lowest BCUT2D eigenvalue weighted by atomic mass is 10.2. The summed E-state index contributed by atoms with van der Waals surface area (Å²) in [5, 5.41) is 9.05. The minimum Gasteiger partial charge on any atom is -0.399 e. The molecule has 0 bridgehead atoms. The molecule has 96 valence electrons. The predicted molar refractivity (Wildman–Crippen MR) is 67.1 cm³/mol. The molecule has 0 saturated carbocycles. The number of nitrogen functional groups attached to an aromatic ring is 1. The molecule has 0 aliphatic heterocycles. The van der Waals surface area contributed by atoms with E-state index in [2.05, 4.69) is 4.72 Å². The first-order valence-corrected chi connectivity index (χ1v) is 6.84. The second kappa shape index (κ2) is 5.48. The van der Waals surface area contributed by atoms with Crippen LogP contribution in [0.1, 0.15) is 18.9 Å². The molecule has 0 aliphatic carbocycles. The summed E-state index contributed by atoms with van der Waals surface area (Å²) < 4.78 is 26.2. The third kappa shape index (κ3) is 4.33. The van der Waals surface area contributed by atoms with Crippen molar-refractivity contribution >= 4 is 15.7 Å². The molecule has 17 heavy (non-hydrogen) atoms. The molecule has 1 aromatic carbocycles. The van der Waals surface area contributed by atoms with Gasteiger partial charge < -0.3 is 10.8 Å². The first kappa shape index (κ1) is 14.0. The summed E-state index contributed by atoms with van der Waals surface area (Å²) in [4.78, 5) is 0.153. The Labute approximate surface area is 102 Å². The fourth-order valence-corrected chi connectivity index (χ4v) is 2.60. The lowest BCUT2D eigenvalue weighted by Gasteiger charge is -2.09. The smallest absolute Gasteiger partial charge is 0.240 e. The number of sulfonamides is 1. The van der Waals surface area contributed by atoms with Gasteiger partial charge in [-0.1, -0.05) is 0 Å². The van der Waals surface area contributed by atoms with Crippen LogP contribution in [-0.4, -0.2) is 26.2 Å². The van der Waals surface area contributed by atoms with E-state index in [1.165, 1.54) is 6.07 Å². The van der Waals surface area contributed by atoms with Crippen molar-refractivity contribution in [2.45, 2.75) is 31.3 Å². The van der Waals surface area contributed by atoms with E-state index < -0.39 is 16.1 Å². The molecule has 0 saturated heterocycles. The first-order valence-electron chi connectivity index (χ1n) is 5.36. The Bertz CT molecular complexity index is 463. The maximum Gasteiger partial charge on any atom is 0.240 e. The number of nitrogens with two attached hydrogens (primary N) is 1. The van der Waals surface area contributed by atoms with Gasteiger partial charge >= 0.3 is 0 Å². The normalized spacial score (nSPS) is 13.6. The van der Waals surface area contributed by atoms with Crippen LogP contribution in [0.25, 0.3) is 0 Å². The molecular weight excluding hydrogens is 240 g/mol. The molecule has 5 nitrogen and oxygen atoms in total. The molecule has 0 aliphatic rings. The van der Waals surface area contributed by atoms with Crippen LogP contribution in [0.15, 0.2) is 23.1 Å². The molecule has 1 atom stereocenters. The molecule has 1 rings (SSSR count). The van der Waals surface area contributed by atoms with Crippen molar-refractivity contribution < 1.29 is 13.5 Å². The molecule has 4 N–H and O–H groups in total. The van der Waals surface area contributed by atoms with Crippen LogP contribution >= 0.6 is 0 Å². The van der Waals surface area contributed by atoms with Gasteiger partial charge in [-0.25, -0.2) is 13.1 Å². The van der Waals surface area contributed by atoms with Crippen molar-refractivity contribution in [2.24, 2.45) is 0 Å². The number of aliphatic hydroxyl groups excluding tert-OH is 1. The minimum absolute atomic E-state index is 0.153. The van der Waals surface area contributed by atoms with E-state index in [0.29, 0.717) is 12.1 Å².